The second-order valence-corrected chi connectivity index (χ2v) is 5.31. The lowest BCUT2D eigenvalue weighted by Gasteiger charge is -2.22. The van der Waals surface area contributed by atoms with Crippen molar-refractivity contribution in [1.29, 1.82) is 0 Å². The minimum atomic E-state index is 0.542. The molecule has 0 fully saturated rings. The molecule has 1 heterocycles. The zero-order valence-corrected chi connectivity index (χ0v) is 11.9. The summed E-state index contributed by atoms with van der Waals surface area (Å²) in [7, 11) is 0. The fourth-order valence-electron chi connectivity index (χ4n) is 1.81. The lowest BCUT2D eigenvalue weighted by Crippen LogP contribution is -2.30. The first-order valence-corrected chi connectivity index (χ1v) is 7.20. The zero-order chi connectivity index (χ0) is 12.7. The summed E-state index contributed by atoms with van der Waals surface area (Å²) in [6.07, 6.45) is 0. The molecule has 0 saturated heterocycles. The van der Waals surface area contributed by atoms with Crippen LogP contribution < -0.4 is 10.5 Å². The number of nitrogens with zero attached hydrogens (tertiary/aromatic N) is 1. The van der Waals surface area contributed by atoms with Crippen LogP contribution in [-0.4, -0.2) is 31.1 Å². The molecule has 1 atom stereocenters. The highest BCUT2D eigenvalue weighted by molar-refractivity contribution is 7.10. The molecule has 0 spiro atoms. The number of hydrogen-bond acceptors (Lipinski definition) is 4. The number of nitrogens with two attached hydrogens (primary N) is 1. The van der Waals surface area contributed by atoms with Gasteiger partial charge in [0.05, 0.1) is 11.5 Å². The van der Waals surface area contributed by atoms with Crippen molar-refractivity contribution < 1.29 is 4.74 Å². The summed E-state index contributed by atoms with van der Waals surface area (Å²) in [4.78, 5) is 3.56. The van der Waals surface area contributed by atoms with E-state index in [1.807, 2.05) is 11.4 Å². The topological polar surface area (TPSA) is 38.5 Å². The summed E-state index contributed by atoms with van der Waals surface area (Å²) in [6.45, 7) is 11.3. The third-order valence-electron chi connectivity index (χ3n) is 2.88. The van der Waals surface area contributed by atoms with E-state index in [9.17, 15) is 0 Å². The molecule has 0 radical (unpaired) electrons. The molecule has 0 aliphatic heterocycles. The van der Waals surface area contributed by atoms with Crippen LogP contribution in [0.15, 0.2) is 11.4 Å². The summed E-state index contributed by atoms with van der Waals surface area (Å²) in [5.41, 5.74) is 5.65. The summed E-state index contributed by atoms with van der Waals surface area (Å²) in [5, 5.41) is 2.03. The van der Waals surface area contributed by atoms with Crippen LogP contribution in [0.5, 0.6) is 5.75 Å². The molecule has 0 saturated carbocycles. The van der Waals surface area contributed by atoms with Crippen molar-refractivity contribution in [2.75, 3.05) is 26.2 Å². The smallest absolute Gasteiger partial charge is 0.134 e. The van der Waals surface area contributed by atoms with Gasteiger partial charge >= 0.3 is 0 Å². The van der Waals surface area contributed by atoms with Gasteiger partial charge in [-0.3, -0.25) is 0 Å². The Bertz CT molecular complexity index is 310. The second kappa shape index (κ2) is 7.69. The van der Waals surface area contributed by atoms with Gasteiger partial charge in [0.25, 0.3) is 0 Å². The van der Waals surface area contributed by atoms with Crippen molar-refractivity contribution in [2.45, 2.75) is 27.3 Å². The highest BCUT2D eigenvalue weighted by Gasteiger charge is 2.10. The fraction of sp³-hybridized carbons (Fsp3) is 0.692. The largest absolute Gasteiger partial charge is 0.492 e. The van der Waals surface area contributed by atoms with Crippen LogP contribution in [-0.2, 0) is 6.54 Å². The van der Waals surface area contributed by atoms with Crippen molar-refractivity contribution in [1.82, 2.24) is 4.90 Å². The molecule has 0 aliphatic rings. The van der Waals surface area contributed by atoms with E-state index in [1.165, 1.54) is 0 Å². The van der Waals surface area contributed by atoms with Crippen LogP contribution in [0.4, 0.5) is 0 Å². The fourth-order valence-corrected chi connectivity index (χ4v) is 2.51. The molecular weight excluding hydrogens is 232 g/mol. The Morgan fingerprint density at radius 3 is 2.71 bits per heavy atom. The first-order valence-electron chi connectivity index (χ1n) is 6.32. The van der Waals surface area contributed by atoms with Crippen molar-refractivity contribution in [2.24, 2.45) is 11.7 Å². The van der Waals surface area contributed by atoms with E-state index in [0.29, 0.717) is 12.5 Å². The highest BCUT2D eigenvalue weighted by Crippen LogP contribution is 2.24. The van der Waals surface area contributed by atoms with Crippen LogP contribution in [0.3, 0.4) is 0 Å². The van der Waals surface area contributed by atoms with Gasteiger partial charge in [0.2, 0.25) is 0 Å². The summed E-state index contributed by atoms with van der Waals surface area (Å²) in [6, 6.07) is 2.01. The second-order valence-electron chi connectivity index (χ2n) is 4.31. The molecule has 1 aromatic heterocycles. The number of hydrogen-bond donors (Lipinski definition) is 1. The third kappa shape index (κ3) is 4.66. The molecule has 1 rings (SSSR count). The van der Waals surface area contributed by atoms with Crippen molar-refractivity contribution >= 4 is 11.3 Å². The van der Waals surface area contributed by atoms with Crippen LogP contribution in [0.2, 0.25) is 0 Å². The Morgan fingerprint density at radius 1 is 1.41 bits per heavy atom. The van der Waals surface area contributed by atoms with E-state index in [1.54, 1.807) is 11.3 Å². The van der Waals surface area contributed by atoms with Crippen molar-refractivity contribution in [3.05, 3.63) is 16.3 Å². The molecule has 0 aliphatic carbocycles. The lowest BCUT2D eigenvalue weighted by molar-refractivity contribution is 0.195. The molecule has 3 nitrogen and oxygen atoms in total. The van der Waals surface area contributed by atoms with Gasteiger partial charge < -0.3 is 15.4 Å². The van der Waals surface area contributed by atoms with Crippen molar-refractivity contribution in [3.63, 3.8) is 0 Å². The summed E-state index contributed by atoms with van der Waals surface area (Å²) >= 11 is 1.66. The Balaban J connectivity index is 2.35. The maximum atomic E-state index is 5.82. The van der Waals surface area contributed by atoms with E-state index in [2.05, 4.69) is 25.7 Å². The number of rotatable bonds is 8. The number of thiophene rings is 1. The van der Waals surface area contributed by atoms with Gasteiger partial charge in [-0.15, -0.1) is 11.3 Å². The minimum Gasteiger partial charge on any atom is -0.492 e. The average molecular weight is 256 g/mol. The highest BCUT2D eigenvalue weighted by atomic mass is 32.1. The Hall–Kier alpha value is -0.580. The van der Waals surface area contributed by atoms with E-state index in [0.717, 1.165) is 36.9 Å². The predicted octanol–water partition coefficient (Wildman–Crippen LogP) is 2.56. The monoisotopic (exact) mass is 256 g/mol. The average Bonchev–Trinajstić information content (AvgIpc) is 2.80. The first kappa shape index (κ1) is 14.5. The maximum absolute atomic E-state index is 5.82. The Kier molecular flexibility index (Phi) is 6.55. The van der Waals surface area contributed by atoms with E-state index >= 15 is 0 Å². The molecule has 1 aromatic rings. The van der Waals surface area contributed by atoms with Crippen molar-refractivity contribution in [3.8, 4) is 5.75 Å². The lowest BCUT2D eigenvalue weighted by atomic mass is 10.2. The summed E-state index contributed by atoms with van der Waals surface area (Å²) < 4.78 is 5.82. The van der Waals surface area contributed by atoms with Gasteiger partial charge in [-0.1, -0.05) is 20.8 Å². The van der Waals surface area contributed by atoms with E-state index < -0.39 is 0 Å². The Morgan fingerprint density at radius 2 is 2.12 bits per heavy atom. The predicted molar refractivity (Wildman–Crippen MR) is 74.7 cm³/mol. The molecule has 0 bridgehead atoms. The molecule has 17 heavy (non-hydrogen) atoms. The van der Waals surface area contributed by atoms with Crippen LogP contribution in [0.25, 0.3) is 0 Å². The normalized spacial score (nSPS) is 13.0. The molecule has 0 aromatic carbocycles. The standard InChI is InChI=1S/C13H24N2OS/c1-4-15(5-2)9-11(3)10-16-12-6-7-17-13(12)8-14/h6-7,11H,4-5,8-10,14H2,1-3H3. The zero-order valence-electron chi connectivity index (χ0n) is 11.1. The third-order valence-corrected chi connectivity index (χ3v) is 3.80. The van der Waals surface area contributed by atoms with Crippen LogP contribution in [0.1, 0.15) is 25.6 Å². The van der Waals surface area contributed by atoms with Gasteiger partial charge in [0.1, 0.15) is 5.75 Å². The van der Waals surface area contributed by atoms with E-state index in [-0.39, 0.29) is 0 Å². The van der Waals surface area contributed by atoms with Crippen LogP contribution in [0, 0.1) is 5.92 Å². The summed E-state index contributed by atoms with van der Waals surface area (Å²) in [5.74, 6) is 1.50. The van der Waals surface area contributed by atoms with Gasteiger partial charge in [-0.05, 0) is 24.5 Å². The molecular formula is C13H24N2OS. The molecule has 98 valence electrons. The molecule has 2 N–H and O–H groups in total. The van der Waals surface area contributed by atoms with Gasteiger partial charge in [0, 0.05) is 19.0 Å². The first-order chi connectivity index (χ1) is 8.21. The van der Waals surface area contributed by atoms with Crippen LogP contribution >= 0.6 is 11.3 Å². The van der Waals surface area contributed by atoms with Gasteiger partial charge in [-0.25, -0.2) is 0 Å². The Labute approximate surface area is 109 Å². The van der Waals surface area contributed by atoms with Gasteiger partial charge in [-0.2, -0.15) is 0 Å². The van der Waals surface area contributed by atoms with Gasteiger partial charge in [0.15, 0.2) is 0 Å². The minimum absolute atomic E-state index is 0.542. The quantitative estimate of drug-likeness (QED) is 0.777. The maximum Gasteiger partial charge on any atom is 0.134 e. The molecule has 4 heteroatoms. The number of ether oxygens (including phenoxy) is 1. The SMILES string of the molecule is CCN(CC)CC(C)COc1ccsc1CN. The molecule has 0 amide bonds. The molecule has 1 unspecified atom stereocenters. The van der Waals surface area contributed by atoms with E-state index in [4.69, 9.17) is 10.5 Å².